The van der Waals surface area contributed by atoms with Crippen molar-refractivity contribution in [2.24, 2.45) is 0 Å². The molecule has 0 fully saturated rings. The lowest BCUT2D eigenvalue weighted by molar-refractivity contribution is 0.0943. The van der Waals surface area contributed by atoms with E-state index in [0.29, 0.717) is 15.6 Å². The summed E-state index contributed by atoms with van der Waals surface area (Å²) in [6.45, 7) is 3.97. The number of fused-ring (bicyclic) bond motifs is 1. The molecule has 1 amide bonds. The Morgan fingerprint density at radius 1 is 1.18 bits per heavy atom. The zero-order chi connectivity index (χ0) is 20.5. The maximum Gasteiger partial charge on any atom is 0.264 e. The maximum absolute atomic E-state index is 12.9. The second kappa shape index (κ2) is 8.11. The number of anilines is 1. The lowest BCUT2D eigenvalue weighted by Crippen LogP contribution is -2.31. The predicted octanol–water partition coefficient (Wildman–Crippen LogP) is 4.91. The fraction of sp³-hybridized carbons (Fsp3) is 0.250. The standard InChI is InChI=1S/C20H21ClN2O3S2/c1-4-13(2)22-20(24)19-12-14-11-16(7-10-18(14)27-19)23(3)28(25,26)17-8-5-15(21)6-9-17/h5-13H,4H2,1-3H3,(H,22,24)/t13-/m0/s1. The van der Waals surface area contributed by atoms with Crippen molar-refractivity contribution < 1.29 is 13.2 Å². The number of benzene rings is 2. The average molecular weight is 437 g/mol. The van der Waals surface area contributed by atoms with Crippen molar-refractivity contribution in [2.75, 3.05) is 11.4 Å². The smallest absolute Gasteiger partial charge is 0.264 e. The van der Waals surface area contributed by atoms with E-state index in [0.717, 1.165) is 16.5 Å². The highest BCUT2D eigenvalue weighted by Crippen LogP contribution is 2.31. The Morgan fingerprint density at radius 2 is 1.86 bits per heavy atom. The first-order chi connectivity index (χ1) is 13.2. The van der Waals surface area contributed by atoms with Gasteiger partial charge in [0.15, 0.2) is 0 Å². The fourth-order valence-electron chi connectivity index (χ4n) is 2.64. The van der Waals surface area contributed by atoms with Crippen LogP contribution in [0.4, 0.5) is 5.69 Å². The molecule has 0 aliphatic carbocycles. The van der Waals surface area contributed by atoms with Crippen LogP contribution in [0, 0.1) is 0 Å². The van der Waals surface area contributed by atoms with Crippen molar-refractivity contribution in [1.29, 1.82) is 0 Å². The Labute approximate surface area is 174 Å². The molecule has 0 saturated heterocycles. The summed E-state index contributed by atoms with van der Waals surface area (Å²) in [7, 11) is -2.20. The molecule has 148 valence electrons. The van der Waals surface area contributed by atoms with Gasteiger partial charge in [-0.2, -0.15) is 0 Å². The van der Waals surface area contributed by atoms with Crippen molar-refractivity contribution in [3.05, 3.63) is 58.4 Å². The van der Waals surface area contributed by atoms with E-state index in [1.165, 1.54) is 34.8 Å². The quantitative estimate of drug-likeness (QED) is 0.597. The monoisotopic (exact) mass is 436 g/mol. The van der Waals surface area contributed by atoms with Crippen LogP contribution in [0.2, 0.25) is 5.02 Å². The molecule has 3 rings (SSSR count). The molecule has 0 aliphatic rings. The predicted molar refractivity (Wildman–Crippen MR) is 116 cm³/mol. The number of amides is 1. The number of nitrogens with zero attached hydrogens (tertiary/aromatic N) is 1. The largest absolute Gasteiger partial charge is 0.349 e. The Hall–Kier alpha value is -2.09. The second-order valence-corrected chi connectivity index (χ2v) is 10.0. The van der Waals surface area contributed by atoms with Gasteiger partial charge in [0.05, 0.1) is 15.5 Å². The number of halogens is 1. The van der Waals surface area contributed by atoms with Crippen LogP contribution in [-0.2, 0) is 10.0 Å². The van der Waals surface area contributed by atoms with E-state index in [9.17, 15) is 13.2 Å². The van der Waals surface area contributed by atoms with Gasteiger partial charge in [-0.15, -0.1) is 11.3 Å². The molecule has 8 heteroatoms. The Morgan fingerprint density at radius 3 is 2.50 bits per heavy atom. The molecular weight excluding hydrogens is 416 g/mol. The van der Waals surface area contributed by atoms with E-state index in [-0.39, 0.29) is 16.8 Å². The van der Waals surface area contributed by atoms with Crippen LogP contribution in [0.5, 0.6) is 0 Å². The van der Waals surface area contributed by atoms with E-state index in [4.69, 9.17) is 11.6 Å². The van der Waals surface area contributed by atoms with Gasteiger partial charge >= 0.3 is 0 Å². The van der Waals surface area contributed by atoms with Gasteiger partial charge in [-0.3, -0.25) is 9.10 Å². The van der Waals surface area contributed by atoms with Crippen molar-refractivity contribution >= 4 is 54.6 Å². The third kappa shape index (κ3) is 4.16. The van der Waals surface area contributed by atoms with Crippen LogP contribution < -0.4 is 9.62 Å². The normalized spacial score (nSPS) is 12.7. The summed E-state index contributed by atoms with van der Waals surface area (Å²) in [6.07, 6.45) is 0.855. The van der Waals surface area contributed by atoms with E-state index < -0.39 is 10.0 Å². The van der Waals surface area contributed by atoms with Crippen molar-refractivity contribution in [2.45, 2.75) is 31.2 Å². The molecular formula is C20H21ClN2O3S2. The number of nitrogens with one attached hydrogen (secondary N) is 1. The van der Waals surface area contributed by atoms with E-state index in [2.05, 4.69) is 5.32 Å². The molecule has 0 aliphatic heterocycles. The minimum absolute atomic E-state index is 0.101. The van der Waals surface area contributed by atoms with Gasteiger partial charge in [0.1, 0.15) is 0 Å². The fourth-order valence-corrected chi connectivity index (χ4v) is 4.90. The van der Waals surface area contributed by atoms with Crippen LogP contribution in [0.3, 0.4) is 0 Å². The second-order valence-electron chi connectivity index (χ2n) is 6.54. The van der Waals surface area contributed by atoms with E-state index in [1.54, 1.807) is 30.3 Å². The SMILES string of the molecule is CC[C@H](C)NC(=O)c1cc2cc(N(C)S(=O)(=O)c3ccc(Cl)cc3)ccc2s1. The lowest BCUT2D eigenvalue weighted by Gasteiger charge is -2.19. The molecule has 0 spiro atoms. The van der Waals surface area contributed by atoms with Gasteiger partial charge in [0.2, 0.25) is 0 Å². The number of sulfonamides is 1. The molecule has 1 atom stereocenters. The summed E-state index contributed by atoms with van der Waals surface area (Å²) in [5.74, 6) is -0.112. The topological polar surface area (TPSA) is 66.5 Å². The molecule has 28 heavy (non-hydrogen) atoms. The summed E-state index contributed by atoms with van der Waals surface area (Å²) in [5, 5.41) is 4.25. The van der Waals surface area contributed by atoms with Crippen LogP contribution in [0.15, 0.2) is 53.4 Å². The van der Waals surface area contributed by atoms with Crippen LogP contribution in [-0.4, -0.2) is 27.4 Å². The number of thiophene rings is 1. The van der Waals surface area contributed by atoms with Gasteiger partial charge in [-0.05, 0) is 67.3 Å². The van der Waals surface area contributed by atoms with Crippen molar-refractivity contribution in [3.63, 3.8) is 0 Å². The Bertz CT molecular complexity index is 1110. The first kappa shape index (κ1) is 20.6. The Balaban J connectivity index is 1.91. The highest BCUT2D eigenvalue weighted by Gasteiger charge is 2.22. The molecule has 3 aromatic rings. The summed E-state index contributed by atoms with van der Waals surface area (Å²) in [5.41, 5.74) is 0.522. The van der Waals surface area contributed by atoms with Gasteiger partial charge in [0.25, 0.3) is 15.9 Å². The first-order valence-electron chi connectivity index (χ1n) is 8.81. The maximum atomic E-state index is 12.9. The van der Waals surface area contributed by atoms with Gasteiger partial charge < -0.3 is 5.32 Å². The van der Waals surface area contributed by atoms with Gasteiger partial charge in [0, 0.05) is 22.8 Å². The lowest BCUT2D eigenvalue weighted by atomic mass is 10.2. The Kier molecular flexibility index (Phi) is 5.98. The minimum atomic E-state index is -3.71. The number of hydrogen-bond acceptors (Lipinski definition) is 4. The van der Waals surface area contributed by atoms with Crippen LogP contribution in [0.25, 0.3) is 10.1 Å². The zero-order valence-corrected chi connectivity index (χ0v) is 18.2. The van der Waals surface area contributed by atoms with Crippen molar-refractivity contribution in [3.8, 4) is 0 Å². The van der Waals surface area contributed by atoms with Gasteiger partial charge in [-0.25, -0.2) is 8.42 Å². The number of carbonyl (C=O) groups is 1. The molecule has 1 N–H and O–H groups in total. The van der Waals surface area contributed by atoms with Crippen LogP contribution in [0.1, 0.15) is 29.9 Å². The van der Waals surface area contributed by atoms with Crippen molar-refractivity contribution in [1.82, 2.24) is 5.32 Å². The first-order valence-corrected chi connectivity index (χ1v) is 11.4. The molecule has 0 unspecified atom stereocenters. The molecule has 0 saturated carbocycles. The third-order valence-electron chi connectivity index (χ3n) is 4.55. The van der Waals surface area contributed by atoms with Gasteiger partial charge in [-0.1, -0.05) is 18.5 Å². The highest BCUT2D eigenvalue weighted by molar-refractivity contribution is 7.92. The molecule has 1 heterocycles. The summed E-state index contributed by atoms with van der Waals surface area (Å²) < 4.78 is 27.9. The summed E-state index contributed by atoms with van der Waals surface area (Å²) in [4.78, 5) is 13.1. The molecule has 0 bridgehead atoms. The number of rotatable bonds is 6. The van der Waals surface area contributed by atoms with E-state index >= 15 is 0 Å². The third-order valence-corrected chi connectivity index (χ3v) is 7.72. The zero-order valence-electron chi connectivity index (χ0n) is 15.8. The molecule has 0 radical (unpaired) electrons. The minimum Gasteiger partial charge on any atom is -0.349 e. The number of carbonyl (C=O) groups excluding carboxylic acids is 1. The summed E-state index contributed by atoms with van der Waals surface area (Å²) in [6, 6.07) is 13.3. The molecule has 1 aromatic heterocycles. The summed E-state index contributed by atoms with van der Waals surface area (Å²) >= 11 is 7.24. The van der Waals surface area contributed by atoms with E-state index in [1.807, 2.05) is 19.9 Å². The number of hydrogen-bond donors (Lipinski definition) is 1. The highest BCUT2D eigenvalue weighted by atomic mass is 35.5. The molecule has 5 nitrogen and oxygen atoms in total. The molecule has 2 aromatic carbocycles. The average Bonchev–Trinajstić information content (AvgIpc) is 3.11. The van der Waals surface area contributed by atoms with Crippen LogP contribution >= 0.6 is 22.9 Å².